The van der Waals surface area contributed by atoms with Gasteiger partial charge in [-0.15, -0.1) is 10.2 Å². The molecule has 2 aromatic heterocycles. The molecule has 0 unspecified atom stereocenters. The molecule has 0 N–H and O–H groups in total. The van der Waals surface area contributed by atoms with Gasteiger partial charge in [0.2, 0.25) is 5.13 Å². The first-order valence-corrected chi connectivity index (χ1v) is 6.88. The third kappa shape index (κ3) is 2.19. The number of rotatable bonds is 3. The van der Waals surface area contributed by atoms with E-state index in [-0.39, 0.29) is 0 Å². The van der Waals surface area contributed by atoms with Crippen LogP contribution in [0.15, 0.2) is 24.3 Å². The van der Waals surface area contributed by atoms with E-state index in [0.717, 1.165) is 33.5 Å². The molecule has 0 bridgehead atoms. The topological polar surface area (TPSA) is 46.8 Å². The number of aryl methyl sites for hydroxylation is 2. The van der Waals surface area contributed by atoms with Crippen LogP contribution in [-0.4, -0.2) is 26.8 Å². The van der Waals surface area contributed by atoms with Crippen molar-refractivity contribution in [2.45, 2.75) is 13.5 Å². The molecule has 0 spiro atoms. The summed E-state index contributed by atoms with van der Waals surface area (Å²) in [4.78, 5) is 6.74. The number of imidazole rings is 1. The molecule has 3 rings (SSSR count). The average Bonchev–Trinajstić information content (AvgIpc) is 2.96. The number of para-hydroxylation sites is 2. The van der Waals surface area contributed by atoms with Gasteiger partial charge in [0.1, 0.15) is 10.8 Å². The van der Waals surface area contributed by atoms with Gasteiger partial charge in [-0.25, -0.2) is 4.98 Å². The van der Waals surface area contributed by atoms with Crippen molar-refractivity contribution in [2.24, 2.45) is 7.05 Å². The van der Waals surface area contributed by atoms with Gasteiger partial charge in [0.25, 0.3) is 0 Å². The summed E-state index contributed by atoms with van der Waals surface area (Å²) in [6, 6.07) is 8.16. The number of fused-ring (bicyclic) bond motifs is 1. The second kappa shape index (κ2) is 4.62. The Morgan fingerprint density at radius 1 is 1.26 bits per heavy atom. The van der Waals surface area contributed by atoms with Crippen molar-refractivity contribution in [3.05, 3.63) is 35.1 Å². The maximum atomic E-state index is 4.66. The Morgan fingerprint density at radius 2 is 2.05 bits per heavy atom. The van der Waals surface area contributed by atoms with E-state index in [1.807, 2.05) is 39.2 Å². The zero-order chi connectivity index (χ0) is 13.4. The molecule has 0 aliphatic heterocycles. The molecule has 0 amide bonds. The fraction of sp³-hybridized carbons (Fsp3) is 0.308. The van der Waals surface area contributed by atoms with Gasteiger partial charge >= 0.3 is 0 Å². The second-order valence-electron chi connectivity index (χ2n) is 4.54. The van der Waals surface area contributed by atoms with Crippen LogP contribution in [0.4, 0.5) is 5.13 Å². The number of hydrogen-bond acceptors (Lipinski definition) is 5. The molecular weight excluding hydrogens is 258 g/mol. The highest BCUT2D eigenvalue weighted by atomic mass is 32.1. The van der Waals surface area contributed by atoms with E-state index in [1.54, 1.807) is 11.3 Å². The lowest BCUT2D eigenvalue weighted by Crippen LogP contribution is -2.18. The summed E-state index contributed by atoms with van der Waals surface area (Å²) >= 11 is 1.59. The SMILES string of the molecule is Cc1nnc(N(C)Cc2nc3ccccc3n2C)s1. The van der Waals surface area contributed by atoms with Gasteiger partial charge in [-0.3, -0.25) is 0 Å². The minimum Gasteiger partial charge on any atom is -0.342 e. The van der Waals surface area contributed by atoms with Crippen LogP contribution in [0.2, 0.25) is 0 Å². The van der Waals surface area contributed by atoms with E-state index in [2.05, 4.69) is 30.7 Å². The molecular formula is C13H15N5S. The Balaban J connectivity index is 1.91. The summed E-state index contributed by atoms with van der Waals surface area (Å²) in [6.07, 6.45) is 0. The van der Waals surface area contributed by atoms with Crippen LogP contribution in [0.5, 0.6) is 0 Å². The van der Waals surface area contributed by atoms with Crippen LogP contribution in [0.1, 0.15) is 10.8 Å². The Kier molecular flexibility index (Phi) is 2.94. The van der Waals surface area contributed by atoms with E-state index in [9.17, 15) is 0 Å². The van der Waals surface area contributed by atoms with Crippen molar-refractivity contribution >= 4 is 27.5 Å². The van der Waals surface area contributed by atoms with E-state index in [1.165, 1.54) is 0 Å². The highest BCUT2D eigenvalue weighted by molar-refractivity contribution is 7.15. The molecule has 6 heteroatoms. The van der Waals surface area contributed by atoms with Crippen LogP contribution < -0.4 is 4.90 Å². The number of nitrogens with zero attached hydrogens (tertiary/aromatic N) is 5. The summed E-state index contributed by atoms with van der Waals surface area (Å²) in [5.41, 5.74) is 2.18. The summed E-state index contributed by atoms with van der Waals surface area (Å²) in [6.45, 7) is 2.68. The van der Waals surface area contributed by atoms with Gasteiger partial charge in [-0.1, -0.05) is 23.5 Å². The largest absolute Gasteiger partial charge is 0.342 e. The van der Waals surface area contributed by atoms with E-state index < -0.39 is 0 Å². The molecule has 3 aromatic rings. The molecule has 0 aliphatic carbocycles. The molecule has 5 nitrogen and oxygen atoms in total. The van der Waals surface area contributed by atoms with Crippen molar-refractivity contribution in [2.75, 3.05) is 11.9 Å². The first kappa shape index (κ1) is 12.1. The Morgan fingerprint density at radius 3 is 2.74 bits per heavy atom. The quantitative estimate of drug-likeness (QED) is 0.735. The van der Waals surface area contributed by atoms with Crippen LogP contribution in [0, 0.1) is 6.92 Å². The monoisotopic (exact) mass is 273 g/mol. The number of benzene rings is 1. The maximum absolute atomic E-state index is 4.66. The predicted octanol–water partition coefficient (Wildman–Crippen LogP) is 2.37. The van der Waals surface area contributed by atoms with Crippen LogP contribution >= 0.6 is 11.3 Å². The van der Waals surface area contributed by atoms with E-state index >= 15 is 0 Å². The van der Waals surface area contributed by atoms with Gasteiger partial charge < -0.3 is 9.47 Å². The van der Waals surface area contributed by atoms with Crippen molar-refractivity contribution in [1.29, 1.82) is 0 Å². The van der Waals surface area contributed by atoms with Crippen molar-refractivity contribution < 1.29 is 0 Å². The fourth-order valence-corrected chi connectivity index (χ4v) is 2.70. The zero-order valence-electron chi connectivity index (χ0n) is 11.2. The summed E-state index contributed by atoms with van der Waals surface area (Å²) in [7, 11) is 4.06. The van der Waals surface area contributed by atoms with E-state index in [0.29, 0.717) is 0 Å². The fourth-order valence-electron chi connectivity index (χ4n) is 2.06. The highest BCUT2D eigenvalue weighted by Gasteiger charge is 2.12. The summed E-state index contributed by atoms with van der Waals surface area (Å²) < 4.78 is 2.12. The maximum Gasteiger partial charge on any atom is 0.208 e. The standard InChI is InChI=1S/C13H15N5S/c1-9-15-16-13(19-9)17(2)8-12-14-10-6-4-5-7-11(10)18(12)3/h4-7H,8H2,1-3H3. The lowest BCUT2D eigenvalue weighted by Gasteiger charge is -2.14. The Hall–Kier alpha value is -1.95. The zero-order valence-corrected chi connectivity index (χ0v) is 12.0. The third-order valence-electron chi connectivity index (χ3n) is 3.10. The number of anilines is 1. The molecule has 0 saturated carbocycles. The lowest BCUT2D eigenvalue weighted by atomic mass is 10.3. The lowest BCUT2D eigenvalue weighted by molar-refractivity contribution is 0.769. The molecule has 0 saturated heterocycles. The van der Waals surface area contributed by atoms with Crippen LogP contribution in [0.25, 0.3) is 11.0 Å². The third-order valence-corrected chi connectivity index (χ3v) is 4.05. The predicted molar refractivity (Wildman–Crippen MR) is 77.5 cm³/mol. The Bertz CT molecular complexity index is 715. The first-order valence-electron chi connectivity index (χ1n) is 6.07. The van der Waals surface area contributed by atoms with Gasteiger partial charge in [0.15, 0.2) is 0 Å². The number of aromatic nitrogens is 4. The van der Waals surface area contributed by atoms with Crippen molar-refractivity contribution in [1.82, 2.24) is 19.7 Å². The molecule has 2 heterocycles. The van der Waals surface area contributed by atoms with Gasteiger partial charge in [-0.05, 0) is 19.1 Å². The van der Waals surface area contributed by atoms with Gasteiger partial charge in [0.05, 0.1) is 17.6 Å². The molecule has 19 heavy (non-hydrogen) atoms. The van der Waals surface area contributed by atoms with Gasteiger partial charge in [0, 0.05) is 14.1 Å². The van der Waals surface area contributed by atoms with Crippen molar-refractivity contribution in [3.8, 4) is 0 Å². The summed E-state index contributed by atoms with van der Waals surface area (Å²) in [5.74, 6) is 1.02. The normalized spacial score (nSPS) is 11.1. The Labute approximate surface area is 115 Å². The smallest absolute Gasteiger partial charge is 0.208 e. The van der Waals surface area contributed by atoms with E-state index in [4.69, 9.17) is 0 Å². The molecule has 0 radical (unpaired) electrons. The minimum atomic E-state index is 0.722. The number of hydrogen-bond donors (Lipinski definition) is 0. The molecule has 0 fully saturated rings. The first-order chi connectivity index (χ1) is 9.15. The highest BCUT2D eigenvalue weighted by Crippen LogP contribution is 2.21. The van der Waals surface area contributed by atoms with Gasteiger partial charge in [-0.2, -0.15) is 0 Å². The van der Waals surface area contributed by atoms with Crippen LogP contribution in [0.3, 0.4) is 0 Å². The molecule has 0 atom stereocenters. The molecule has 0 aliphatic rings. The van der Waals surface area contributed by atoms with Crippen molar-refractivity contribution in [3.63, 3.8) is 0 Å². The van der Waals surface area contributed by atoms with Crippen LogP contribution in [-0.2, 0) is 13.6 Å². The average molecular weight is 273 g/mol. The summed E-state index contributed by atoms with van der Waals surface area (Å²) in [5, 5.41) is 10.1. The minimum absolute atomic E-state index is 0.722. The molecule has 1 aromatic carbocycles. The second-order valence-corrected chi connectivity index (χ2v) is 5.70. The molecule has 98 valence electrons.